The highest BCUT2D eigenvalue weighted by Gasteiger charge is 2.21. The second-order valence-corrected chi connectivity index (χ2v) is 9.70. The average Bonchev–Trinajstić information content (AvgIpc) is 3.35. The molecule has 8 heteroatoms. The highest BCUT2D eigenvalue weighted by atomic mass is 32.2. The Labute approximate surface area is 219 Å². The van der Waals surface area contributed by atoms with E-state index in [4.69, 9.17) is 0 Å². The van der Waals surface area contributed by atoms with Crippen LogP contribution in [-0.2, 0) is 11.3 Å². The van der Waals surface area contributed by atoms with Crippen molar-refractivity contribution in [3.63, 3.8) is 0 Å². The lowest BCUT2D eigenvalue weighted by atomic mass is 10.1. The molecule has 184 valence electrons. The Kier molecular flexibility index (Phi) is 7.57. The zero-order valence-corrected chi connectivity index (χ0v) is 21.1. The number of hydrogen-bond donors (Lipinski definition) is 2. The van der Waals surface area contributed by atoms with Crippen molar-refractivity contribution in [2.45, 2.75) is 23.9 Å². The molecular weight excluding hydrogens is 480 g/mol. The van der Waals surface area contributed by atoms with E-state index in [1.165, 1.54) is 11.8 Å². The van der Waals surface area contributed by atoms with Crippen molar-refractivity contribution >= 4 is 40.3 Å². The van der Waals surface area contributed by atoms with Crippen LogP contribution in [0, 0.1) is 0 Å². The Balaban J connectivity index is 1.27. The highest BCUT2D eigenvalue weighted by Crippen LogP contribution is 2.26. The van der Waals surface area contributed by atoms with E-state index >= 15 is 0 Å². The van der Waals surface area contributed by atoms with Gasteiger partial charge in [0.15, 0.2) is 11.0 Å². The number of para-hydroxylation sites is 2. The van der Waals surface area contributed by atoms with Gasteiger partial charge in [0.05, 0.1) is 18.0 Å². The molecule has 0 aliphatic carbocycles. The lowest BCUT2D eigenvalue weighted by Crippen LogP contribution is -2.27. The molecule has 1 heterocycles. The predicted octanol–water partition coefficient (Wildman–Crippen LogP) is 5.66. The fourth-order valence-corrected chi connectivity index (χ4v) is 4.71. The van der Waals surface area contributed by atoms with Crippen molar-refractivity contribution in [2.75, 3.05) is 5.32 Å². The van der Waals surface area contributed by atoms with Crippen molar-refractivity contribution in [1.29, 1.82) is 0 Å². The summed E-state index contributed by atoms with van der Waals surface area (Å²) in [6, 6.07) is 34.0. The molecule has 0 saturated carbocycles. The SMILES string of the molecule is C[C@H](Sc1nnc(CNc2ccccc2)n1-c1ccccc1)C(=O)NN=Cc1ccc2ccccc2c1. The van der Waals surface area contributed by atoms with Crippen LogP contribution in [0.2, 0.25) is 0 Å². The fourth-order valence-electron chi connectivity index (χ4n) is 3.83. The van der Waals surface area contributed by atoms with Gasteiger partial charge in [-0.15, -0.1) is 10.2 Å². The molecule has 7 nitrogen and oxygen atoms in total. The highest BCUT2D eigenvalue weighted by molar-refractivity contribution is 8.00. The van der Waals surface area contributed by atoms with Crippen molar-refractivity contribution in [3.05, 3.63) is 115 Å². The number of anilines is 1. The normalized spacial score (nSPS) is 12.0. The van der Waals surface area contributed by atoms with Gasteiger partial charge in [-0.1, -0.05) is 84.6 Å². The zero-order chi connectivity index (χ0) is 25.5. The molecule has 1 amide bonds. The van der Waals surface area contributed by atoms with Crippen LogP contribution in [0.1, 0.15) is 18.3 Å². The van der Waals surface area contributed by atoms with Gasteiger partial charge in [-0.05, 0) is 53.6 Å². The quantitative estimate of drug-likeness (QED) is 0.153. The standard InChI is InChI=1S/C29H26N6OS/c1-21(28(36)33-31-19-22-16-17-23-10-8-9-11-24(23)18-22)37-29-34-32-27(20-30-25-12-4-2-5-13-25)35(29)26-14-6-3-7-15-26/h2-19,21,30H,20H2,1H3,(H,33,36)/t21-/m0/s1. The van der Waals surface area contributed by atoms with Gasteiger partial charge in [0.2, 0.25) is 0 Å². The second kappa shape index (κ2) is 11.5. The first kappa shape index (κ1) is 24.3. The van der Waals surface area contributed by atoms with E-state index in [1.54, 1.807) is 6.21 Å². The van der Waals surface area contributed by atoms with Crippen molar-refractivity contribution in [1.82, 2.24) is 20.2 Å². The van der Waals surface area contributed by atoms with Crippen LogP contribution in [0.3, 0.4) is 0 Å². The molecule has 0 bridgehead atoms. The average molecular weight is 507 g/mol. The molecule has 4 aromatic carbocycles. The number of hydrazone groups is 1. The third kappa shape index (κ3) is 6.05. The molecular formula is C29H26N6OS. The fraction of sp³-hybridized carbons (Fsp3) is 0.103. The number of fused-ring (bicyclic) bond motifs is 1. The number of aromatic nitrogens is 3. The topological polar surface area (TPSA) is 84.2 Å². The Morgan fingerprint density at radius 2 is 1.62 bits per heavy atom. The van der Waals surface area contributed by atoms with Gasteiger partial charge in [0.25, 0.3) is 5.91 Å². The summed E-state index contributed by atoms with van der Waals surface area (Å²) >= 11 is 1.34. The molecule has 5 rings (SSSR count). The minimum absolute atomic E-state index is 0.214. The van der Waals surface area contributed by atoms with Gasteiger partial charge >= 0.3 is 0 Å². The molecule has 1 atom stereocenters. The number of carbonyl (C=O) groups excluding carboxylic acids is 1. The summed E-state index contributed by atoms with van der Waals surface area (Å²) in [7, 11) is 0. The van der Waals surface area contributed by atoms with Gasteiger partial charge in [-0.2, -0.15) is 5.10 Å². The summed E-state index contributed by atoms with van der Waals surface area (Å²) in [5, 5.41) is 18.9. The molecule has 1 aromatic heterocycles. The van der Waals surface area contributed by atoms with E-state index in [9.17, 15) is 4.79 Å². The third-order valence-electron chi connectivity index (χ3n) is 5.75. The maximum absolute atomic E-state index is 12.8. The minimum Gasteiger partial charge on any atom is -0.378 e. The first-order chi connectivity index (χ1) is 18.2. The summed E-state index contributed by atoms with van der Waals surface area (Å²) in [6.45, 7) is 2.32. The maximum atomic E-state index is 12.8. The molecule has 0 aliphatic heterocycles. The molecule has 0 fully saturated rings. The molecule has 0 saturated heterocycles. The molecule has 0 radical (unpaired) electrons. The van der Waals surface area contributed by atoms with E-state index < -0.39 is 5.25 Å². The van der Waals surface area contributed by atoms with Crippen LogP contribution in [0.25, 0.3) is 16.5 Å². The summed E-state index contributed by atoms with van der Waals surface area (Å²) < 4.78 is 1.97. The third-order valence-corrected chi connectivity index (χ3v) is 6.80. The molecule has 37 heavy (non-hydrogen) atoms. The van der Waals surface area contributed by atoms with Crippen molar-refractivity contribution in [2.24, 2.45) is 5.10 Å². The zero-order valence-electron chi connectivity index (χ0n) is 20.3. The minimum atomic E-state index is -0.435. The van der Waals surface area contributed by atoms with Crippen molar-refractivity contribution < 1.29 is 4.79 Å². The van der Waals surface area contributed by atoms with Gasteiger partial charge < -0.3 is 5.32 Å². The predicted molar refractivity (Wildman–Crippen MR) is 150 cm³/mol. The Hall–Kier alpha value is -4.43. The smallest absolute Gasteiger partial charge is 0.253 e. The number of benzene rings is 4. The van der Waals surface area contributed by atoms with E-state index in [2.05, 4.69) is 38.2 Å². The van der Waals surface area contributed by atoms with Gasteiger partial charge in [-0.25, -0.2) is 5.43 Å². The largest absolute Gasteiger partial charge is 0.378 e. The summed E-state index contributed by atoms with van der Waals surface area (Å²) in [6.07, 6.45) is 1.65. The van der Waals surface area contributed by atoms with Crippen LogP contribution in [0.5, 0.6) is 0 Å². The van der Waals surface area contributed by atoms with Crippen molar-refractivity contribution in [3.8, 4) is 5.69 Å². The van der Waals surface area contributed by atoms with Gasteiger partial charge in [-0.3, -0.25) is 9.36 Å². The van der Waals surface area contributed by atoms with E-state index in [1.807, 2.05) is 102 Å². The number of nitrogens with one attached hydrogen (secondary N) is 2. The Morgan fingerprint density at radius 3 is 2.41 bits per heavy atom. The molecule has 0 unspecified atom stereocenters. The summed E-state index contributed by atoms with van der Waals surface area (Å²) in [5.74, 6) is 0.535. The first-order valence-corrected chi connectivity index (χ1v) is 12.8. The maximum Gasteiger partial charge on any atom is 0.253 e. The summed E-state index contributed by atoms with van der Waals surface area (Å²) in [4.78, 5) is 12.8. The summed E-state index contributed by atoms with van der Waals surface area (Å²) in [5.41, 5.74) is 5.50. The second-order valence-electron chi connectivity index (χ2n) is 8.39. The van der Waals surface area contributed by atoms with Gasteiger partial charge in [0, 0.05) is 11.4 Å². The lowest BCUT2D eigenvalue weighted by molar-refractivity contribution is -0.120. The number of nitrogens with zero attached hydrogens (tertiary/aromatic N) is 4. The van der Waals surface area contributed by atoms with Crippen LogP contribution >= 0.6 is 11.8 Å². The molecule has 5 aromatic rings. The van der Waals surface area contributed by atoms with E-state index in [-0.39, 0.29) is 5.91 Å². The number of thioether (sulfide) groups is 1. The molecule has 2 N–H and O–H groups in total. The number of rotatable bonds is 9. The van der Waals surface area contributed by atoms with Gasteiger partial charge in [0.1, 0.15) is 0 Å². The lowest BCUT2D eigenvalue weighted by Gasteiger charge is -2.13. The van der Waals surface area contributed by atoms with Crippen LogP contribution < -0.4 is 10.7 Å². The number of carbonyl (C=O) groups is 1. The van der Waals surface area contributed by atoms with Crippen LogP contribution in [0.4, 0.5) is 5.69 Å². The van der Waals surface area contributed by atoms with E-state index in [0.29, 0.717) is 11.7 Å². The van der Waals surface area contributed by atoms with E-state index in [0.717, 1.165) is 33.5 Å². The number of amides is 1. The molecule has 0 spiro atoms. The Morgan fingerprint density at radius 1 is 0.919 bits per heavy atom. The molecule has 0 aliphatic rings. The van der Waals surface area contributed by atoms with Crippen LogP contribution in [-0.4, -0.2) is 32.1 Å². The first-order valence-electron chi connectivity index (χ1n) is 11.9. The number of hydrogen-bond acceptors (Lipinski definition) is 6. The monoisotopic (exact) mass is 506 g/mol. The van der Waals surface area contributed by atoms with Crippen LogP contribution in [0.15, 0.2) is 113 Å². The Bertz CT molecular complexity index is 1520.